The fourth-order valence-corrected chi connectivity index (χ4v) is 5.92. The summed E-state index contributed by atoms with van der Waals surface area (Å²) in [5.41, 5.74) is 0. The maximum absolute atomic E-state index is 10.9. The summed E-state index contributed by atoms with van der Waals surface area (Å²) >= 11 is 3.30. The molecule has 0 aromatic carbocycles. The lowest BCUT2D eigenvalue weighted by atomic mass is 10.6. The Morgan fingerprint density at radius 3 is 0.386 bits per heavy atom. The number of carbonyl (C=O) groups is 1. The summed E-state index contributed by atoms with van der Waals surface area (Å²) < 4.78 is 142. The summed E-state index contributed by atoms with van der Waals surface area (Å²) in [6, 6.07) is 0. The Kier molecular flexibility index (Phi) is 77.5. The quantitative estimate of drug-likeness (QED) is 0.0362. The highest BCUT2D eigenvalue weighted by Crippen LogP contribution is 1.92. The number of hydrogen-bond donors (Lipinski definition) is 0. The molecule has 83 heavy (non-hydrogen) atoms. The van der Waals surface area contributed by atoms with Crippen LogP contribution < -0.4 is 0 Å². The number of esters is 1. The van der Waals surface area contributed by atoms with Crippen LogP contribution in [0, 0.1) is 0 Å². The Morgan fingerprint density at radius 1 is 0.193 bits per heavy atom. The van der Waals surface area contributed by atoms with Crippen LogP contribution in [-0.2, 0) is 128 Å². The average Bonchev–Trinajstić information content (AvgIpc) is 3.49. The van der Waals surface area contributed by atoms with Crippen LogP contribution in [0.4, 0.5) is 0 Å². The van der Waals surface area contributed by atoms with Crippen molar-refractivity contribution < 1.29 is 128 Å². The zero-order valence-corrected chi connectivity index (χ0v) is 51.5. The lowest BCUT2D eigenvalue weighted by Crippen LogP contribution is -2.16. The number of halogens is 1. The van der Waals surface area contributed by atoms with Gasteiger partial charge in [0.25, 0.3) is 0 Å². The molecule has 0 aromatic rings. The van der Waals surface area contributed by atoms with E-state index >= 15 is 0 Å². The third kappa shape index (κ3) is 78.7. The average molecular weight is 1280 g/mol. The maximum Gasteiger partial charge on any atom is 0.330 e. The topological polar surface area (TPSA) is 257 Å². The number of carbonyl (C=O) groups excluding carboxylic acids is 1. The van der Waals surface area contributed by atoms with Crippen molar-refractivity contribution in [3.8, 4) is 0 Å². The van der Waals surface area contributed by atoms with Gasteiger partial charge in [0.2, 0.25) is 0 Å². The standard InChI is InChI=1S/C55H107BrO27/c1-2-55(57)83-54-53-82-52-51-81-50-49-80-48-47-79-46-45-78-44-43-77-42-41-76-40-39-75-38-37-74-36-35-73-34-33-72-32-31-71-30-29-70-28-27-69-26-25-68-24-23-67-22-21-66-20-19-65-18-17-64-16-15-63-14-13-62-12-11-61-10-9-60-8-7-59-6-5-58-4-3-56/h2H,1,3-54H2. The Hall–Kier alpha value is -1.31. The zero-order valence-electron chi connectivity index (χ0n) is 50.0. The highest BCUT2D eigenvalue weighted by molar-refractivity contribution is 9.09. The van der Waals surface area contributed by atoms with Gasteiger partial charge in [-0.3, -0.25) is 0 Å². The van der Waals surface area contributed by atoms with Gasteiger partial charge in [-0.05, 0) is 0 Å². The molecular formula is C55H107BrO27. The molecule has 0 radical (unpaired) electrons. The minimum Gasteiger partial charge on any atom is -0.460 e. The van der Waals surface area contributed by atoms with Crippen molar-refractivity contribution >= 4 is 21.9 Å². The van der Waals surface area contributed by atoms with Crippen LogP contribution in [0.5, 0.6) is 0 Å². The fourth-order valence-electron chi connectivity index (χ4n) is 5.69. The van der Waals surface area contributed by atoms with Gasteiger partial charge >= 0.3 is 5.97 Å². The summed E-state index contributed by atoms with van der Waals surface area (Å²) in [5.74, 6) is -0.465. The van der Waals surface area contributed by atoms with Gasteiger partial charge in [-0.1, -0.05) is 22.5 Å². The SMILES string of the molecule is C=CC(=O)OCCOCCOCCOCCOCCOCCOCCOCCOCCOCCOCCOCCOCCOCCOCCOCCOCCOCCOCCOCCOCCOCCOCCOCCOCCOCCBr. The predicted molar refractivity (Wildman–Crippen MR) is 305 cm³/mol. The van der Waals surface area contributed by atoms with E-state index in [1.807, 2.05) is 0 Å². The summed E-state index contributed by atoms with van der Waals surface area (Å²) in [6.07, 6.45) is 1.11. The van der Waals surface area contributed by atoms with Crippen LogP contribution in [0.1, 0.15) is 0 Å². The lowest BCUT2D eigenvalue weighted by Gasteiger charge is -2.09. The minimum absolute atomic E-state index is 0.189. The van der Waals surface area contributed by atoms with E-state index in [-0.39, 0.29) is 6.61 Å². The van der Waals surface area contributed by atoms with Crippen molar-refractivity contribution in [2.24, 2.45) is 0 Å². The molecule has 496 valence electrons. The molecular weight excluding hydrogens is 1170 g/mol. The van der Waals surface area contributed by atoms with Gasteiger partial charge in [-0.2, -0.15) is 0 Å². The molecule has 0 aliphatic rings. The first-order chi connectivity index (χ1) is 41.3. The third-order valence-electron chi connectivity index (χ3n) is 9.79. The smallest absolute Gasteiger partial charge is 0.330 e. The molecule has 0 aliphatic heterocycles. The van der Waals surface area contributed by atoms with Crippen LogP contribution in [0.3, 0.4) is 0 Å². The van der Waals surface area contributed by atoms with E-state index in [9.17, 15) is 4.79 Å². The first-order valence-corrected chi connectivity index (χ1v) is 30.2. The molecule has 0 amide bonds. The monoisotopic (exact) mass is 1280 g/mol. The molecule has 0 aliphatic carbocycles. The molecule has 27 nitrogen and oxygen atoms in total. The van der Waals surface area contributed by atoms with Crippen molar-refractivity contribution in [3.63, 3.8) is 0 Å². The Bertz CT molecular complexity index is 1200. The molecule has 0 spiro atoms. The van der Waals surface area contributed by atoms with Crippen molar-refractivity contribution in [1.82, 2.24) is 0 Å². The third-order valence-corrected chi connectivity index (χ3v) is 10.1. The number of rotatable bonds is 78. The molecule has 0 atom stereocenters. The van der Waals surface area contributed by atoms with E-state index in [2.05, 4.69) is 22.5 Å². The Labute approximate surface area is 503 Å². The fraction of sp³-hybridized carbons (Fsp3) is 0.945. The van der Waals surface area contributed by atoms with Crippen molar-refractivity contribution in [2.75, 3.05) is 342 Å². The molecule has 0 saturated carbocycles. The number of alkyl halides is 1. The van der Waals surface area contributed by atoms with Gasteiger partial charge in [0.05, 0.1) is 330 Å². The molecule has 0 heterocycles. The summed E-state index contributed by atoms with van der Waals surface area (Å²) in [4.78, 5) is 10.9. The molecule has 0 unspecified atom stereocenters. The second-order valence-electron chi connectivity index (χ2n) is 16.4. The van der Waals surface area contributed by atoms with E-state index < -0.39 is 5.97 Å². The maximum atomic E-state index is 10.9. The first-order valence-electron chi connectivity index (χ1n) is 29.1. The molecule has 0 N–H and O–H groups in total. The largest absolute Gasteiger partial charge is 0.460 e. The highest BCUT2D eigenvalue weighted by atomic mass is 79.9. The van der Waals surface area contributed by atoms with Crippen molar-refractivity contribution in [3.05, 3.63) is 12.7 Å². The van der Waals surface area contributed by atoms with Crippen LogP contribution >= 0.6 is 15.9 Å². The summed E-state index contributed by atoms with van der Waals surface area (Å²) in [6.45, 7) is 28.0. The normalized spacial score (nSPS) is 11.6. The first kappa shape index (κ1) is 81.7. The van der Waals surface area contributed by atoms with Crippen LogP contribution in [-0.4, -0.2) is 348 Å². The van der Waals surface area contributed by atoms with Gasteiger partial charge in [0, 0.05) is 11.4 Å². The highest BCUT2D eigenvalue weighted by Gasteiger charge is 2.01. The van der Waals surface area contributed by atoms with Gasteiger partial charge in [0.15, 0.2) is 0 Å². The van der Waals surface area contributed by atoms with Gasteiger partial charge in [-0.25, -0.2) is 4.79 Å². The predicted octanol–water partition coefficient (Wildman–Crippen LogP) is 1.53. The summed E-state index contributed by atoms with van der Waals surface area (Å²) in [5, 5.41) is 0.829. The van der Waals surface area contributed by atoms with Crippen molar-refractivity contribution in [2.45, 2.75) is 0 Å². The molecule has 0 rings (SSSR count). The lowest BCUT2D eigenvalue weighted by molar-refractivity contribution is -0.139. The molecule has 28 heteroatoms. The molecule has 0 bridgehead atoms. The van der Waals surface area contributed by atoms with E-state index in [0.29, 0.717) is 330 Å². The molecule has 0 saturated heterocycles. The Morgan fingerprint density at radius 2 is 0.289 bits per heavy atom. The summed E-state index contributed by atoms with van der Waals surface area (Å²) in [7, 11) is 0. The number of ether oxygens (including phenoxy) is 26. The van der Waals surface area contributed by atoms with Crippen molar-refractivity contribution in [1.29, 1.82) is 0 Å². The van der Waals surface area contributed by atoms with E-state index in [0.717, 1.165) is 11.4 Å². The molecule has 0 fully saturated rings. The van der Waals surface area contributed by atoms with Gasteiger partial charge in [0.1, 0.15) is 6.61 Å². The van der Waals surface area contributed by atoms with Crippen LogP contribution in [0.2, 0.25) is 0 Å². The zero-order chi connectivity index (χ0) is 59.4. The van der Waals surface area contributed by atoms with E-state index in [1.54, 1.807) is 0 Å². The van der Waals surface area contributed by atoms with Crippen LogP contribution in [0.15, 0.2) is 12.7 Å². The minimum atomic E-state index is -0.465. The number of hydrogen-bond acceptors (Lipinski definition) is 27. The second-order valence-corrected chi connectivity index (χ2v) is 17.2. The van der Waals surface area contributed by atoms with Crippen LogP contribution in [0.25, 0.3) is 0 Å². The second kappa shape index (κ2) is 78.7. The van der Waals surface area contributed by atoms with Gasteiger partial charge < -0.3 is 123 Å². The van der Waals surface area contributed by atoms with Gasteiger partial charge in [-0.15, -0.1) is 0 Å². The molecule has 0 aromatic heterocycles. The Balaban J connectivity index is 3.09. The van der Waals surface area contributed by atoms with E-state index in [4.69, 9.17) is 123 Å². The van der Waals surface area contributed by atoms with E-state index in [1.165, 1.54) is 0 Å².